The number of carbonyl (C=O) groups is 1. The Morgan fingerprint density at radius 2 is 2.25 bits per heavy atom. The molecule has 0 fully saturated rings. The number of aryl methyl sites for hydroxylation is 1. The molecule has 0 saturated heterocycles. The summed E-state index contributed by atoms with van der Waals surface area (Å²) in [6, 6.07) is 0. The second kappa shape index (κ2) is 6.04. The van der Waals surface area contributed by atoms with E-state index < -0.39 is 5.97 Å². The molecular weight excluding hydrogens is 282 g/mol. The molecule has 0 unspecified atom stereocenters. The van der Waals surface area contributed by atoms with Crippen LogP contribution in [0, 0.1) is 0 Å². The summed E-state index contributed by atoms with van der Waals surface area (Å²) in [4.78, 5) is 15.9. The second-order valence-electron chi connectivity index (χ2n) is 4.62. The van der Waals surface area contributed by atoms with Crippen molar-refractivity contribution in [1.29, 1.82) is 0 Å². The average Bonchev–Trinajstić information content (AvgIpc) is 2.99. The maximum Gasteiger partial charge on any atom is 0.343 e. The zero-order chi connectivity index (χ0) is 14.7. The third-order valence-corrected chi connectivity index (χ3v) is 3.21. The number of nitrogens with zero attached hydrogens (tertiary/aromatic N) is 5. The van der Waals surface area contributed by atoms with Gasteiger partial charge in [-0.25, -0.2) is 14.5 Å². The van der Waals surface area contributed by atoms with Gasteiger partial charge in [-0.1, -0.05) is 25.4 Å². The van der Waals surface area contributed by atoms with Crippen molar-refractivity contribution in [2.75, 3.05) is 6.61 Å². The van der Waals surface area contributed by atoms with Gasteiger partial charge in [0.05, 0.1) is 12.2 Å². The molecule has 108 valence electrons. The van der Waals surface area contributed by atoms with Gasteiger partial charge in [-0.05, 0) is 5.92 Å². The van der Waals surface area contributed by atoms with Crippen LogP contribution in [-0.2, 0) is 18.3 Å². The van der Waals surface area contributed by atoms with Gasteiger partial charge in [0.2, 0.25) is 0 Å². The molecule has 0 saturated carbocycles. The van der Waals surface area contributed by atoms with Gasteiger partial charge >= 0.3 is 5.97 Å². The molecule has 0 amide bonds. The molecule has 2 heterocycles. The predicted molar refractivity (Wildman–Crippen MR) is 72.6 cm³/mol. The first kappa shape index (κ1) is 14.5. The van der Waals surface area contributed by atoms with Crippen molar-refractivity contribution in [3.05, 3.63) is 29.1 Å². The van der Waals surface area contributed by atoms with Crippen molar-refractivity contribution < 1.29 is 9.53 Å². The first-order chi connectivity index (χ1) is 9.50. The van der Waals surface area contributed by atoms with E-state index in [1.54, 1.807) is 18.1 Å². The van der Waals surface area contributed by atoms with Crippen LogP contribution < -0.4 is 0 Å². The number of halogens is 1. The van der Waals surface area contributed by atoms with Crippen LogP contribution in [0.4, 0.5) is 0 Å². The molecule has 0 aliphatic heterocycles. The van der Waals surface area contributed by atoms with E-state index in [-0.39, 0.29) is 12.5 Å². The van der Waals surface area contributed by atoms with Crippen LogP contribution in [0.5, 0.6) is 0 Å². The highest BCUT2D eigenvalue weighted by Crippen LogP contribution is 2.25. The number of esters is 1. The molecule has 2 aromatic rings. The van der Waals surface area contributed by atoms with Crippen molar-refractivity contribution in [2.45, 2.75) is 26.3 Å². The maximum atomic E-state index is 12.1. The van der Waals surface area contributed by atoms with Crippen LogP contribution in [0.15, 0.2) is 12.7 Å². The van der Waals surface area contributed by atoms with E-state index in [2.05, 4.69) is 15.2 Å². The van der Waals surface area contributed by atoms with E-state index >= 15 is 0 Å². The zero-order valence-electron chi connectivity index (χ0n) is 11.6. The average molecular weight is 298 g/mol. The summed E-state index contributed by atoms with van der Waals surface area (Å²) in [5, 5.41) is 8.46. The highest BCUT2D eigenvalue weighted by molar-refractivity contribution is 6.32. The van der Waals surface area contributed by atoms with E-state index in [9.17, 15) is 4.79 Å². The lowest BCUT2D eigenvalue weighted by Gasteiger charge is -2.07. The molecule has 0 aromatic carbocycles. The predicted octanol–water partition coefficient (Wildman–Crippen LogP) is 1.65. The summed E-state index contributed by atoms with van der Waals surface area (Å²) in [6.45, 7) is 4.54. The Kier molecular flexibility index (Phi) is 4.39. The summed E-state index contributed by atoms with van der Waals surface area (Å²) < 4.78 is 8.28. The van der Waals surface area contributed by atoms with Gasteiger partial charge in [-0.15, -0.1) is 0 Å². The Labute approximate surface area is 121 Å². The van der Waals surface area contributed by atoms with Gasteiger partial charge in [-0.2, -0.15) is 10.2 Å². The third-order valence-electron chi connectivity index (χ3n) is 2.78. The van der Waals surface area contributed by atoms with E-state index in [0.717, 1.165) is 0 Å². The third kappa shape index (κ3) is 2.98. The smallest absolute Gasteiger partial charge is 0.343 e. The Hall–Kier alpha value is -1.89. The molecule has 2 rings (SSSR count). The van der Waals surface area contributed by atoms with Crippen LogP contribution in [0.3, 0.4) is 0 Å². The summed E-state index contributed by atoms with van der Waals surface area (Å²) in [5.41, 5.74) is 0.978. The lowest BCUT2D eigenvalue weighted by molar-refractivity contribution is 0.0486. The van der Waals surface area contributed by atoms with Gasteiger partial charge < -0.3 is 4.74 Å². The molecule has 0 N–H and O–H groups in total. The van der Waals surface area contributed by atoms with E-state index in [1.807, 2.05) is 13.8 Å². The standard InChI is InChI=1S/C12H16ClN5O2/c1-8(2)10-9(11(13)17(3)16-10)12(19)20-5-4-18-7-14-6-15-18/h6-8H,4-5H2,1-3H3. The van der Waals surface area contributed by atoms with Gasteiger partial charge in [0, 0.05) is 7.05 Å². The van der Waals surface area contributed by atoms with Crippen LogP contribution in [0.2, 0.25) is 5.15 Å². The molecule has 0 bridgehead atoms. The lowest BCUT2D eigenvalue weighted by Crippen LogP contribution is -2.13. The minimum atomic E-state index is -0.466. The minimum absolute atomic E-state index is 0.0894. The van der Waals surface area contributed by atoms with Gasteiger partial charge in [0.15, 0.2) is 0 Å². The quantitative estimate of drug-likeness (QED) is 0.784. The monoisotopic (exact) mass is 297 g/mol. The molecule has 0 radical (unpaired) electrons. The first-order valence-electron chi connectivity index (χ1n) is 6.22. The highest BCUT2D eigenvalue weighted by Gasteiger charge is 2.24. The normalized spacial score (nSPS) is 11.1. The van der Waals surface area contributed by atoms with E-state index in [4.69, 9.17) is 16.3 Å². The number of hydrogen-bond acceptors (Lipinski definition) is 5. The van der Waals surface area contributed by atoms with Gasteiger partial charge in [0.1, 0.15) is 30.0 Å². The summed E-state index contributed by atoms with van der Waals surface area (Å²) >= 11 is 6.10. The molecule has 8 heteroatoms. The maximum absolute atomic E-state index is 12.1. The molecule has 7 nitrogen and oxygen atoms in total. The fourth-order valence-corrected chi connectivity index (χ4v) is 1.98. The summed E-state index contributed by atoms with van der Waals surface area (Å²) in [7, 11) is 1.69. The molecule has 0 aliphatic carbocycles. The fraction of sp³-hybridized carbons (Fsp3) is 0.500. The Balaban J connectivity index is 2.05. The van der Waals surface area contributed by atoms with Crippen LogP contribution in [0.1, 0.15) is 35.8 Å². The van der Waals surface area contributed by atoms with Crippen molar-refractivity contribution in [2.24, 2.45) is 7.05 Å². The number of hydrogen-bond donors (Lipinski definition) is 0. The molecule has 20 heavy (non-hydrogen) atoms. The second-order valence-corrected chi connectivity index (χ2v) is 4.98. The topological polar surface area (TPSA) is 74.8 Å². The molecule has 0 aliphatic rings. The fourth-order valence-electron chi connectivity index (χ4n) is 1.77. The van der Waals surface area contributed by atoms with Crippen molar-refractivity contribution >= 4 is 17.6 Å². The molecule has 0 atom stereocenters. The van der Waals surface area contributed by atoms with Gasteiger partial charge in [-0.3, -0.25) is 4.68 Å². The van der Waals surface area contributed by atoms with Crippen LogP contribution >= 0.6 is 11.6 Å². The summed E-state index contributed by atoms with van der Waals surface area (Å²) in [6.07, 6.45) is 2.99. The first-order valence-corrected chi connectivity index (χ1v) is 6.60. The number of rotatable bonds is 5. The largest absolute Gasteiger partial charge is 0.460 e. The molecular formula is C12H16ClN5O2. The van der Waals surface area contributed by atoms with E-state index in [1.165, 1.54) is 11.0 Å². The van der Waals surface area contributed by atoms with Crippen LogP contribution in [-0.4, -0.2) is 37.1 Å². The Morgan fingerprint density at radius 1 is 1.50 bits per heavy atom. The number of aromatic nitrogens is 5. The summed E-state index contributed by atoms with van der Waals surface area (Å²) in [5.74, 6) is -0.376. The Bertz CT molecular complexity index is 591. The Morgan fingerprint density at radius 3 is 2.85 bits per heavy atom. The highest BCUT2D eigenvalue weighted by atomic mass is 35.5. The van der Waals surface area contributed by atoms with Crippen molar-refractivity contribution in [1.82, 2.24) is 24.5 Å². The zero-order valence-corrected chi connectivity index (χ0v) is 12.3. The van der Waals surface area contributed by atoms with E-state index in [0.29, 0.717) is 23.0 Å². The van der Waals surface area contributed by atoms with Crippen molar-refractivity contribution in [3.63, 3.8) is 0 Å². The molecule has 2 aromatic heterocycles. The number of carbonyl (C=O) groups excluding carboxylic acids is 1. The van der Waals surface area contributed by atoms with Crippen LogP contribution in [0.25, 0.3) is 0 Å². The van der Waals surface area contributed by atoms with Crippen molar-refractivity contribution in [3.8, 4) is 0 Å². The lowest BCUT2D eigenvalue weighted by atomic mass is 10.1. The van der Waals surface area contributed by atoms with Gasteiger partial charge in [0.25, 0.3) is 0 Å². The minimum Gasteiger partial charge on any atom is -0.460 e. The molecule has 0 spiro atoms. The SMILES string of the molecule is CC(C)c1nn(C)c(Cl)c1C(=O)OCCn1cncn1. The number of ether oxygens (including phenoxy) is 1.